The van der Waals surface area contributed by atoms with Crippen LogP contribution in [0.4, 0.5) is 0 Å². The number of unbranched alkanes of at least 4 members (excludes halogenated alkanes) is 2. The third-order valence-electron chi connectivity index (χ3n) is 2.85. The highest BCUT2D eigenvalue weighted by molar-refractivity contribution is 7.89. The number of nitrogens with one attached hydrogen (secondary N) is 1. The molecule has 0 aliphatic heterocycles. The molecule has 1 aromatic heterocycles. The quantitative estimate of drug-likeness (QED) is 0.667. The molecule has 0 amide bonds. The molecule has 0 saturated heterocycles. The van der Waals surface area contributed by atoms with Crippen LogP contribution >= 0.6 is 0 Å². The van der Waals surface area contributed by atoms with E-state index >= 15 is 0 Å². The molecule has 0 aliphatic carbocycles. The van der Waals surface area contributed by atoms with Crippen molar-refractivity contribution in [1.82, 2.24) is 14.5 Å². The predicted molar refractivity (Wildman–Crippen MR) is 73.2 cm³/mol. The maximum atomic E-state index is 12.1. The Hall–Kier alpha value is -0.920. The number of aliphatic hydroxyl groups is 1. The van der Waals surface area contributed by atoms with E-state index in [1.807, 2.05) is 6.92 Å². The van der Waals surface area contributed by atoms with E-state index in [0.29, 0.717) is 6.54 Å². The SMILES string of the molecule is CCCCCC(C)NS(=O)(=O)c1cnn(CCO)c1. The summed E-state index contributed by atoms with van der Waals surface area (Å²) in [5.41, 5.74) is 0. The van der Waals surface area contributed by atoms with Crippen molar-refractivity contribution in [1.29, 1.82) is 0 Å². The third kappa shape index (κ3) is 5.30. The van der Waals surface area contributed by atoms with Crippen LogP contribution in [-0.4, -0.2) is 36.0 Å². The second kappa shape index (κ2) is 7.62. The summed E-state index contributed by atoms with van der Waals surface area (Å²) >= 11 is 0. The zero-order valence-electron chi connectivity index (χ0n) is 11.5. The van der Waals surface area contributed by atoms with Crippen LogP contribution in [0.5, 0.6) is 0 Å². The molecule has 6 nitrogen and oxygen atoms in total. The van der Waals surface area contributed by atoms with Crippen molar-refractivity contribution in [2.75, 3.05) is 6.61 Å². The smallest absolute Gasteiger partial charge is 0.243 e. The topological polar surface area (TPSA) is 84.2 Å². The molecule has 0 fully saturated rings. The first-order valence-electron chi connectivity index (χ1n) is 6.65. The van der Waals surface area contributed by atoms with Crippen molar-refractivity contribution >= 4 is 10.0 Å². The summed E-state index contributed by atoms with van der Waals surface area (Å²) in [7, 11) is -3.51. The van der Waals surface area contributed by atoms with E-state index in [4.69, 9.17) is 5.11 Å². The van der Waals surface area contributed by atoms with E-state index in [1.165, 1.54) is 17.1 Å². The van der Waals surface area contributed by atoms with E-state index in [1.54, 1.807) is 0 Å². The van der Waals surface area contributed by atoms with Crippen LogP contribution < -0.4 is 4.72 Å². The number of sulfonamides is 1. The summed E-state index contributed by atoms with van der Waals surface area (Å²) in [5.74, 6) is 0. The molecule has 0 bridgehead atoms. The average Bonchev–Trinajstić information content (AvgIpc) is 2.78. The lowest BCUT2D eigenvalue weighted by atomic mass is 10.1. The molecule has 7 heteroatoms. The molecule has 2 N–H and O–H groups in total. The van der Waals surface area contributed by atoms with Crippen LogP contribution in [0.25, 0.3) is 0 Å². The fourth-order valence-corrected chi connectivity index (χ4v) is 3.03. The third-order valence-corrected chi connectivity index (χ3v) is 4.39. The molecule has 1 atom stereocenters. The minimum Gasteiger partial charge on any atom is -0.394 e. The summed E-state index contributed by atoms with van der Waals surface area (Å²) in [6.07, 6.45) is 6.81. The predicted octanol–water partition coefficient (Wildman–Crippen LogP) is 1.12. The summed E-state index contributed by atoms with van der Waals surface area (Å²) in [6.45, 7) is 4.21. The molecule has 110 valence electrons. The van der Waals surface area contributed by atoms with Crippen molar-refractivity contribution in [2.45, 2.75) is 57.0 Å². The first-order chi connectivity index (χ1) is 8.99. The van der Waals surface area contributed by atoms with Crippen molar-refractivity contribution in [3.8, 4) is 0 Å². The molecular formula is C12H23N3O3S. The summed E-state index contributed by atoms with van der Waals surface area (Å²) < 4.78 is 28.2. The number of hydrogen-bond acceptors (Lipinski definition) is 4. The molecule has 0 aliphatic rings. The molecule has 19 heavy (non-hydrogen) atoms. The summed E-state index contributed by atoms with van der Waals surface area (Å²) in [4.78, 5) is 0.142. The van der Waals surface area contributed by atoms with E-state index < -0.39 is 10.0 Å². The Kier molecular flexibility index (Phi) is 6.47. The van der Waals surface area contributed by atoms with Gasteiger partial charge in [-0.05, 0) is 13.3 Å². The van der Waals surface area contributed by atoms with Crippen LogP contribution in [0.3, 0.4) is 0 Å². The standard InChI is InChI=1S/C12H23N3O3S/c1-3-4-5-6-11(2)14-19(17,18)12-9-13-15(10-12)7-8-16/h9-11,14,16H,3-8H2,1-2H3. The maximum absolute atomic E-state index is 12.1. The van der Waals surface area contributed by atoms with Gasteiger partial charge >= 0.3 is 0 Å². The average molecular weight is 289 g/mol. The molecule has 1 heterocycles. The van der Waals surface area contributed by atoms with Crippen molar-refractivity contribution in [2.24, 2.45) is 0 Å². The molecule has 1 rings (SSSR count). The Balaban J connectivity index is 2.58. The highest BCUT2D eigenvalue weighted by Gasteiger charge is 2.18. The summed E-state index contributed by atoms with van der Waals surface area (Å²) in [6, 6.07) is -0.0854. The van der Waals surface area contributed by atoms with Crippen LogP contribution in [0.1, 0.15) is 39.5 Å². The largest absolute Gasteiger partial charge is 0.394 e. The van der Waals surface area contributed by atoms with Gasteiger partial charge in [0.1, 0.15) is 4.90 Å². The molecule has 1 unspecified atom stereocenters. The van der Waals surface area contributed by atoms with Gasteiger partial charge in [-0.3, -0.25) is 4.68 Å². The zero-order valence-corrected chi connectivity index (χ0v) is 12.4. The fraction of sp³-hybridized carbons (Fsp3) is 0.750. The van der Waals surface area contributed by atoms with Crippen molar-refractivity contribution in [3.63, 3.8) is 0 Å². The molecule has 0 aromatic carbocycles. The Morgan fingerprint density at radius 2 is 2.21 bits per heavy atom. The monoisotopic (exact) mass is 289 g/mol. The van der Waals surface area contributed by atoms with Crippen molar-refractivity contribution in [3.05, 3.63) is 12.4 Å². The van der Waals surface area contributed by atoms with E-state index in [2.05, 4.69) is 16.7 Å². The molecule has 0 spiro atoms. The van der Waals surface area contributed by atoms with Gasteiger partial charge in [0.05, 0.1) is 19.3 Å². The van der Waals surface area contributed by atoms with Crippen LogP contribution in [0.15, 0.2) is 17.3 Å². The zero-order chi connectivity index (χ0) is 14.3. The van der Waals surface area contributed by atoms with Gasteiger partial charge in [0.15, 0.2) is 0 Å². The van der Waals surface area contributed by atoms with Gasteiger partial charge < -0.3 is 5.11 Å². The van der Waals surface area contributed by atoms with Crippen molar-refractivity contribution < 1.29 is 13.5 Å². The molecule has 1 aromatic rings. The van der Waals surface area contributed by atoms with E-state index in [9.17, 15) is 8.42 Å². The second-order valence-corrected chi connectivity index (χ2v) is 6.39. The van der Waals surface area contributed by atoms with Gasteiger partial charge in [-0.15, -0.1) is 0 Å². The lowest BCUT2D eigenvalue weighted by Crippen LogP contribution is -2.32. The van der Waals surface area contributed by atoms with Gasteiger partial charge in [0, 0.05) is 12.2 Å². The molecule has 0 saturated carbocycles. The molecule has 0 radical (unpaired) electrons. The normalized spacial score (nSPS) is 13.6. The van der Waals surface area contributed by atoms with E-state index in [0.717, 1.165) is 25.7 Å². The summed E-state index contributed by atoms with van der Waals surface area (Å²) in [5, 5.41) is 12.7. The van der Waals surface area contributed by atoms with E-state index in [-0.39, 0.29) is 17.5 Å². The van der Waals surface area contributed by atoms with Crippen LogP contribution in [-0.2, 0) is 16.6 Å². The first kappa shape index (κ1) is 16.1. The second-order valence-electron chi connectivity index (χ2n) is 4.68. The van der Waals surface area contributed by atoms with Gasteiger partial charge in [0.25, 0.3) is 0 Å². The van der Waals surface area contributed by atoms with Crippen LogP contribution in [0, 0.1) is 0 Å². The highest BCUT2D eigenvalue weighted by Crippen LogP contribution is 2.10. The fourth-order valence-electron chi connectivity index (χ4n) is 1.80. The van der Waals surface area contributed by atoms with Gasteiger partial charge in [-0.2, -0.15) is 5.10 Å². The number of hydrogen-bond donors (Lipinski definition) is 2. The minimum absolute atomic E-state index is 0.0674. The van der Waals surface area contributed by atoms with Gasteiger partial charge in [0.2, 0.25) is 10.0 Å². The Morgan fingerprint density at radius 1 is 1.47 bits per heavy atom. The Bertz CT molecular complexity index is 470. The number of aliphatic hydroxyl groups excluding tert-OH is 1. The Morgan fingerprint density at radius 3 is 2.84 bits per heavy atom. The minimum atomic E-state index is -3.51. The number of nitrogens with zero attached hydrogens (tertiary/aromatic N) is 2. The first-order valence-corrected chi connectivity index (χ1v) is 8.13. The Labute approximate surface area is 114 Å². The van der Waals surface area contributed by atoms with Gasteiger partial charge in [-0.25, -0.2) is 13.1 Å². The van der Waals surface area contributed by atoms with Gasteiger partial charge in [-0.1, -0.05) is 26.2 Å². The maximum Gasteiger partial charge on any atom is 0.243 e. The number of rotatable bonds is 9. The highest BCUT2D eigenvalue weighted by atomic mass is 32.2. The lowest BCUT2D eigenvalue weighted by molar-refractivity contribution is 0.269. The molecular weight excluding hydrogens is 266 g/mol. The number of aromatic nitrogens is 2. The lowest BCUT2D eigenvalue weighted by Gasteiger charge is -2.12. The van der Waals surface area contributed by atoms with Crippen LogP contribution in [0.2, 0.25) is 0 Å².